The maximum atomic E-state index is 12.9. The van der Waals surface area contributed by atoms with E-state index in [2.05, 4.69) is 51.1 Å². The Balaban J connectivity index is 1.59. The van der Waals surface area contributed by atoms with Gasteiger partial charge in [0, 0.05) is 30.2 Å². The normalized spacial score (nSPS) is 10.9. The fourth-order valence-electron chi connectivity index (χ4n) is 3.33. The minimum atomic E-state index is -0.291. The molecule has 0 saturated carbocycles. The summed E-state index contributed by atoms with van der Waals surface area (Å²) in [5.74, 6) is 0.422. The molecule has 150 valence electrons. The van der Waals surface area contributed by atoms with E-state index in [4.69, 9.17) is 0 Å². The molecule has 2 aromatic carbocycles. The molecule has 1 N–H and O–H groups in total. The van der Waals surface area contributed by atoms with Gasteiger partial charge in [0.1, 0.15) is 17.8 Å². The number of carbonyl (C=O) groups excluding carboxylic acids is 1. The first-order chi connectivity index (χ1) is 14.6. The molecule has 0 aliphatic heterocycles. The van der Waals surface area contributed by atoms with Crippen molar-refractivity contribution in [3.63, 3.8) is 0 Å². The van der Waals surface area contributed by atoms with Gasteiger partial charge in [0.15, 0.2) is 0 Å². The van der Waals surface area contributed by atoms with Gasteiger partial charge in [-0.1, -0.05) is 48.5 Å². The molecule has 0 radical (unpaired) electrons. The lowest BCUT2D eigenvalue weighted by Gasteiger charge is -2.28. The van der Waals surface area contributed by atoms with Crippen molar-refractivity contribution in [1.29, 1.82) is 0 Å². The summed E-state index contributed by atoms with van der Waals surface area (Å²) in [7, 11) is 0. The number of hydrogen-bond acceptors (Lipinski definition) is 5. The van der Waals surface area contributed by atoms with Crippen molar-refractivity contribution < 1.29 is 4.79 Å². The fraction of sp³-hybridized carbons (Fsp3) is 0.167. The minimum Gasteiger partial charge on any atom is -0.350 e. The number of amides is 1. The van der Waals surface area contributed by atoms with E-state index in [1.54, 1.807) is 12.3 Å². The quantitative estimate of drug-likeness (QED) is 0.511. The van der Waals surface area contributed by atoms with E-state index < -0.39 is 0 Å². The fourth-order valence-corrected chi connectivity index (χ4v) is 3.33. The molecule has 2 heterocycles. The second kappa shape index (κ2) is 8.69. The van der Waals surface area contributed by atoms with Crippen LogP contribution in [0.25, 0.3) is 10.9 Å². The summed E-state index contributed by atoms with van der Waals surface area (Å²) in [6.07, 6.45) is 3.15. The molecule has 0 saturated heterocycles. The highest BCUT2D eigenvalue weighted by Gasteiger charge is 2.17. The Hall–Kier alpha value is -3.80. The average Bonchev–Trinajstić information content (AvgIpc) is 2.78. The number of benzene rings is 2. The number of fused-ring (bicyclic) bond motifs is 1. The highest BCUT2D eigenvalue weighted by atomic mass is 16.1. The van der Waals surface area contributed by atoms with Crippen LogP contribution in [0.1, 0.15) is 29.9 Å². The Morgan fingerprint density at radius 2 is 1.77 bits per heavy atom. The smallest absolute Gasteiger partial charge is 0.274 e. The molecule has 4 rings (SSSR count). The van der Waals surface area contributed by atoms with Crippen molar-refractivity contribution in [3.8, 4) is 0 Å². The van der Waals surface area contributed by atoms with Crippen LogP contribution in [-0.2, 0) is 6.54 Å². The first-order valence-electron chi connectivity index (χ1n) is 9.89. The van der Waals surface area contributed by atoms with Crippen molar-refractivity contribution in [2.24, 2.45) is 0 Å². The van der Waals surface area contributed by atoms with Crippen LogP contribution in [0.2, 0.25) is 0 Å². The van der Waals surface area contributed by atoms with E-state index in [0.29, 0.717) is 23.7 Å². The Morgan fingerprint density at radius 3 is 2.57 bits per heavy atom. The predicted octanol–water partition coefficient (Wildman–Crippen LogP) is 4.69. The van der Waals surface area contributed by atoms with Gasteiger partial charge >= 0.3 is 0 Å². The summed E-state index contributed by atoms with van der Waals surface area (Å²) in [4.78, 5) is 28.1. The molecule has 0 bridgehead atoms. The third-order valence-electron chi connectivity index (χ3n) is 4.88. The lowest BCUT2D eigenvalue weighted by atomic mass is 10.2. The molecule has 0 atom stereocenters. The van der Waals surface area contributed by atoms with Gasteiger partial charge < -0.3 is 10.2 Å². The van der Waals surface area contributed by atoms with Crippen LogP contribution in [0.3, 0.4) is 0 Å². The van der Waals surface area contributed by atoms with E-state index in [9.17, 15) is 4.79 Å². The first-order valence-corrected chi connectivity index (χ1v) is 9.89. The number of nitrogens with one attached hydrogen (secondary N) is 1. The number of para-hydroxylation sites is 1. The number of carbonyl (C=O) groups is 1. The molecular weight excluding hydrogens is 374 g/mol. The highest BCUT2D eigenvalue weighted by molar-refractivity contribution is 6.07. The molecule has 0 fully saturated rings. The molecule has 4 aromatic rings. The lowest BCUT2D eigenvalue weighted by Crippen LogP contribution is -2.31. The number of nitrogens with zero attached hydrogens (tertiary/aromatic N) is 4. The van der Waals surface area contributed by atoms with Gasteiger partial charge in [0.2, 0.25) is 0 Å². The van der Waals surface area contributed by atoms with Crippen LogP contribution in [0, 0.1) is 0 Å². The van der Waals surface area contributed by atoms with Crippen molar-refractivity contribution in [2.45, 2.75) is 26.4 Å². The molecule has 6 heteroatoms. The van der Waals surface area contributed by atoms with Crippen LogP contribution >= 0.6 is 0 Å². The molecule has 0 unspecified atom stereocenters. The summed E-state index contributed by atoms with van der Waals surface area (Å²) in [6, 6.07) is 21.7. The second-order valence-electron chi connectivity index (χ2n) is 7.30. The molecule has 6 nitrogen and oxygen atoms in total. The van der Waals surface area contributed by atoms with Crippen molar-refractivity contribution >= 4 is 28.3 Å². The van der Waals surface area contributed by atoms with Gasteiger partial charge in [-0.2, -0.15) is 0 Å². The van der Waals surface area contributed by atoms with E-state index in [1.807, 2.05) is 48.5 Å². The number of anilines is 2. The molecule has 0 aliphatic rings. The summed E-state index contributed by atoms with van der Waals surface area (Å²) in [5.41, 5.74) is 2.89. The Bertz CT molecular complexity index is 1160. The summed E-state index contributed by atoms with van der Waals surface area (Å²) >= 11 is 0. The maximum absolute atomic E-state index is 12.9. The zero-order valence-electron chi connectivity index (χ0n) is 17.0. The maximum Gasteiger partial charge on any atom is 0.274 e. The van der Waals surface area contributed by atoms with E-state index in [-0.39, 0.29) is 11.9 Å². The molecule has 0 spiro atoms. The number of aromatic nitrogens is 3. The van der Waals surface area contributed by atoms with Crippen LogP contribution in [0.4, 0.5) is 11.5 Å². The van der Waals surface area contributed by atoms with Crippen LogP contribution in [0.15, 0.2) is 79.3 Å². The van der Waals surface area contributed by atoms with Crippen molar-refractivity contribution in [3.05, 3.63) is 90.5 Å². The van der Waals surface area contributed by atoms with Crippen molar-refractivity contribution in [1.82, 2.24) is 15.0 Å². The van der Waals surface area contributed by atoms with Crippen molar-refractivity contribution in [2.75, 3.05) is 10.2 Å². The predicted molar refractivity (Wildman–Crippen MR) is 119 cm³/mol. The second-order valence-corrected chi connectivity index (χ2v) is 7.30. The lowest BCUT2D eigenvalue weighted by molar-refractivity contribution is 0.102. The topological polar surface area (TPSA) is 71.0 Å². The van der Waals surface area contributed by atoms with E-state index >= 15 is 0 Å². The van der Waals surface area contributed by atoms with Gasteiger partial charge in [-0.25, -0.2) is 9.97 Å². The number of pyridine rings is 1. The largest absolute Gasteiger partial charge is 0.350 e. The number of rotatable bonds is 6. The zero-order chi connectivity index (χ0) is 20.9. The SMILES string of the molecule is CC(C)N(Cc1ccccc1)c1cc(C(=O)Nc2cccc3cccnc23)ncn1. The molecule has 0 aliphatic carbocycles. The van der Waals surface area contributed by atoms with Crippen LogP contribution in [-0.4, -0.2) is 26.9 Å². The Kier molecular flexibility index (Phi) is 5.66. The van der Waals surface area contributed by atoms with Crippen LogP contribution in [0.5, 0.6) is 0 Å². The Labute approximate surface area is 175 Å². The molecular formula is C24H23N5O. The standard InChI is InChI=1S/C24H23N5O/c1-17(2)29(15-18-8-4-3-5-9-18)22-14-21(26-16-27-22)24(30)28-20-12-6-10-19-11-7-13-25-23(19)20/h3-14,16-17H,15H2,1-2H3,(H,28,30). The van der Waals surface area contributed by atoms with Crippen LogP contribution < -0.4 is 10.2 Å². The zero-order valence-corrected chi connectivity index (χ0v) is 17.0. The summed E-state index contributed by atoms with van der Waals surface area (Å²) < 4.78 is 0. The van der Waals surface area contributed by atoms with Gasteiger partial charge in [0.25, 0.3) is 5.91 Å². The molecule has 30 heavy (non-hydrogen) atoms. The van der Waals surface area contributed by atoms with E-state index in [0.717, 1.165) is 10.9 Å². The summed E-state index contributed by atoms with van der Waals surface area (Å²) in [6.45, 7) is 4.91. The minimum absolute atomic E-state index is 0.207. The van der Waals surface area contributed by atoms with Gasteiger partial charge in [-0.05, 0) is 31.5 Å². The van der Waals surface area contributed by atoms with E-state index in [1.165, 1.54) is 11.9 Å². The van der Waals surface area contributed by atoms with Gasteiger partial charge in [-0.15, -0.1) is 0 Å². The first kappa shape index (κ1) is 19.5. The van der Waals surface area contributed by atoms with Gasteiger partial charge in [-0.3, -0.25) is 9.78 Å². The Morgan fingerprint density at radius 1 is 0.967 bits per heavy atom. The monoisotopic (exact) mass is 397 g/mol. The average molecular weight is 397 g/mol. The summed E-state index contributed by atoms with van der Waals surface area (Å²) in [5, 5.41) is 3.90. The number of hydrogen-bond donors (Lipinski definition) is 1. The molecule has 2 aromatic heterocycles. The van der Waals surface area contributed by atoms with Gasteiger partial charge in [0.05, 0.1) is 11.2 Å². The third-order valence-corrected chi connectivity index (χ3v) is 4.88. The highest BCUT2D eigenvalue weighted by Crippen LogP contribution is 2.22. The third kappa shape index (κ3) is 4.27. The molecule has 1 amide bonds.